The van der Waals surface area contributed by atoms with Gasteiger partial charge in [0.15, 0.2) is 17.9 Å². The Kier molecular flexibility index (Phi) is 5.95. The maximum atomic E-state index is 11.6. The fourth-order valence-corrected chi connectivity index (χ4v) is 3.26. The highest BCUT2D eigenvalue weighted by Gasteiger charge is 2.15. The first-order valence-corrected chi connectivity index (χ1v) is 9.37. The van der Waals surface area contributed by atoms with E-state index in [-0.39, 0.29) is 12.7 Å². The molecular weight excluding hydrogens is 382 g/mol. The van der Waals surface area contributed by atoms with E-state index in [2.05, 4.69) is 31.3 Å². The third-order valence-electron chi connectivity index (χ3n) is 3.70. The number of anilines is 1. The number of thiophene rings is 1. The fraction of sp³-hybridized carbons (Fsp3) is 0.412. The molecule has 0 aliphatic carbocycles. The number of hydrogen-bond donors (Lipinski definition) is 1. The van der Waals surface area contributed by atoms with Gasteiger partial charge >= 0.3 is 6.09 Å². The average molecular weight is 405 g/mol. The summed E-state index contributed by atoms with van der Waals surface area (Å²) in [5.41, 5.74) is 7.95. The van der Waals surface area contributed by atoms with Crippen LogP contribution in [-0.2, 0) is 24.6 Å². The number of carbonyl (C=O) groups is 1. The van der Waals surface area contributed by atoms with Crippen LogP contribution in [0.3, 0.4) is 0 Å². The highest BCUT2D eigenvalue weighted by Crippen LogP contribution is 2.24. The van der Waals surface area contributed by atoms with Crippen LogP contribution < -0.4 is 10.5 Å². The van der Waals surface area contributed by atoms with Gasteiger partial charge in [0.25, 0.3) is 0 Å². The molecule has 0 saturated heterocycles. The molecular formula is C17H23N7O3S. The normalized spacial score (nSPS) is 11.2. The number of nitrogens with two attached hydrogens (primary N) is 1. The van der Waals surface area contributed by atoms with Gasteiger partial charge in [0.2, 0.25) is 11.8 Å². The Morgan fingerprint density at radius 3 is 2.79 bits per heavy atom. The molecule has 2 N–H and O–H groups in total. The molecule has 28 heavy (non-hydrogen) atoms. The van der Waals surface area contributed by atoms with Crippen LogP contribution in [-0.4, -0.2) is 63.6 Å². The van der Waals surface area contributed by atoms with Gasteiger partial charge in [-0.05, 0) is 31.1 Å². The Balaban J connectivity index is 1.74. The zero-order valence-corrected chi connectivity index (χ0v) is 17.1. The van der Waals surface area contributed by atoms with Gasteiger partial charge < -0.3 is 25.0 Å². The number of hydrogen-bond acceptors (Lipinski definition) is 9. The molecule has 150 valence electrons. The summed E-state index contributed by atoms with van der Waals surface area (Å²) in [7, 11) is 7.27. The molecule has 0 bridgehead atoms. The summed E-state index contributed by atoms with van der Waals surface area (Å²) in [6, 6.07) is 2.10. The molecule has 11 heteroatoms. The molecule has 10 nitrogen and oxygen atoms in total. The number of ether oxygens (including phenoxy) is 2. The van der Waals surface area contributed by atoms with Crippen molar-refractivity contribution in [3.05, 3.63) is 28.2 Å². The van der Waals surface area contributed by atoms with Gasteiger partial charge in [-0.2, -0.15) is 9.97 Å². The summed E-state index contributed by atoms with van der Waals surface area (Å²) in [5, 5.41) is 2.11. The van der Waals surface area contributed by atoms with Crippen molar-refractivity contribution in [2.75, 3.05) is 33.9 Å². The van der Waals surface area contributed by atoms with Gasteiger partial charge in [0.1, 0.15) is 12.9 Å². The minimum Gasteiger partial charge on any atom is -0.470 e. The van der Waals surface area contributed by atoms with E-state index in [1.54, 1.807) is 30.0 Å². The first-order chi connectivity index (χ1) is 13.3. The van der Waals surface area contributed by atoms with E-state index in [9.17, 15) is 4.79 Å². The second kappa shape index (κ2) is 8.40. The lowest BCUT2D eigenvalue weighted by Gasteiger charge is -2.11. The smallest absolute Gasteiger partial charge is 0.410 e. The zero-order valence-electron chi connectivity index (χ0n) is 16.2. The summed E-state index contributed by atoms with van der Waals surface area (Å²) in [5.74, 6) is 0.352. The molecule has 1 amide bonds. The lowest BCUT2D eigenvalue weighted by atomic mass is 10.3. The van der Waals surface area contributed by atoms with E-state index in [0.29, 0.717) is 23.7 Å². The highest BCUT2D eigenvalue weighted by molar-refractivity contribution is 7.10. The predicted molar refractivity (Wildman–Crippen MR) is 106 cm³/mol. The second-order valence-electron chi connectivity index (χ2n) is 6.66. The van der Waals surface area contributed by atoms with Crippen LogP contribution in [0, 0.1) is 0 Å². The second-order valence-corrected chi connectivity index (χ2v) is 7.65. The van der Waals surface area contributed by atoms with Crippen LogP contribution in [0.4, 0.5) is 10.7 Å². The van der Waals surface area contributed by atoms with Crippen LogP contribution in [0.15, 0.2) is 17.8 Å². The third-order valence-corrected chi connectivity index (χ3v) is 4.66. The number of fused-ring (bicyclic) bond motifs is 1. The standard InChI is InChI=1S/C17H23N7O3S/c1-22(2)6-11-5-12(28-8-11)7-26-15-13-14(20-16(18)21-15)24(9-19-13)10-27-17(25)23(3)4/h5,8-9H,6-7,10H2,1-4H3,(H2,18,20,21). The van der Waals surface area contributed by atoms with Gasteiger partial charge in [-0.1, -0.05) is 0 Å². The topological polar surface area (TPSA) is 112 Å². The number of nitrogen functional groups attached to an aromatic ring is 1. The van der Waals surface area contributed by atoms with E-state index in [1.165, 1.54) is 16.8 Å². The van der Waals surface area contributed by atoms with Gasteiger partial charge in [-0.15, -0.1) is 11.3 Å². The van der Waals surface area contributed by atoms with Crippen molar-refractivity contribution in [1.82, 2.24) is 29.3 Å². The number of carbonyl (C=O) groups excluding carboxylic acids is 1. The van der Waals surface area contributed by atoms with Gasteiger partial charge in [0, 0.05) is 25.5 Å². The monoisotopic (exact) mass is 405 g/mol. The van der Waals surface area contributed by atoms with E-state index in [4.69, 9.17) is 15.2 Å². The number of aromatic nitrogens is 4. The molecule has 3 aromatic heterocycles. The van der Waals surface area contributed by atoms with Gasteiger partial charge in [-0.3, -0.25) is 4.57 Å². The molecule has 0 spiro atoms. The summed E-state index contributed by atoms with van der Waals surface area (Å²) in [4.78, 5) is 28.8. The molecule has 0 atom stereocenters. The molecule has 3 heterocycles. The van der Waals surface area contributed by atoms with Crippen molar-refractivity contribution >= 4 is 34.5 Å². The predicted octanol–water partition coefficient (Wildman–Crippen LogP) is 1.77. The maximum Gasteiger partial charge on any atom is 0.410 e. The minimum absolute atomic E-state index is 0.0395. The van der Waals surface area contributed by atoms with Crippen LogP contribution in [0.5, 0.6) is 5.88 Å². The summed E-state index contributed by atoms with van der Waals surface area (Å²) in [6.07, 6.45) is 1.04. The molecule has 0 aliphatic heterocycles. The number of amides is 1. The molecule has 0 unspecified atom stereocenters. The number of imidazole rings is 1. The zero-order chi connectivity index (χ0) is 20.3. The maximum absolute atomic E-state index is 11.6. The van der Waals surface area contributed by atoms with E-state index < -0.39 is 6.09 Å². The molecule has 0 aromatic carbocycles. The van der Waals surface area contributed by atoms with E-state index >= 15 is 0 Å². The summed E-state index contributed by atoms with van der Waals surface area (Å²) >= 11 is 1.63. The van der Waals surface area contributed by atoms with Crippen LogP contribution in [0.1, 0.15) is 10.4 Å². The SMILES string of the molecule is CN(C)Cc1csc(COc2nc(N)nc3c2ncn3COC(=O)N(C)C)c1. The van der Waals surface area contributed by atoms with Crippen molar-refractivity contribution in [3.8, 4) is 5.88 Å². The molecule has 3 aromatic rings. The van der Waals surface area contributed by atoms with E-state index in [1.807, 2.05) is 14.1 Å². The molecule has 0 aliphatic rings. The van der Waals surface area contributed by atoms with Crippen LogP contribution in [0.25, 0.3) is 11.2 Å². The lowest BCUT2D eigenvalue weighted by Crippen LogP contribution is -2.23. The molecule has 3 rings (SSSR count). The minimum atomic E-state index is -0.466. The Morgan fingerprint density at radius 1 is 1.29 bits per heavy atom. The van der Waals surface area contributed by atoms with Crippen molar-refractivity contribution < 1.29 is 14.3 Å². The Bertz CT molecular complexity index is 967. The molecule has 0 saturated carbocycles. The largest absolute Gasteiger partial charge is 0.470 e. The Morgan fingerprint density at radius 2 is 2.07 bits per heavy atom. The average Bonchev–Trinajstić information content (AvgIpc) is 3.23. The Hall–Kier alpha value is -2.92. The van der Waals surface area contributed by atoms with Crippen LogP contribution >= 0.6 is 11.3 Å². The van der Waals surface area contributed by atoms with Crippen molar-refractivity contribution in [1.29, 1.82) is 0 Å². The van der Waals surface area contributed by atoms with Crippen molar-refractivity contribution in [2.45, 2.75) is 19.9 Å². The molecule has 0 fully saturated rings. The summed E-state index contributed by atoms with van der Waals surface area (Å²) in [6.45, 7) is 1.19. The van der Waals surface area contributed by atoms with Gasteiger partial charge in [0.05, 0.1) is 0 Å². The van der Waals surface area contributed by atoms with E-state index in [0.717, 1.165) is 11.4 Å². The fourth-order valence-electron chi connectivity index (χ4n) is 2.47. The first-order valence-electron chi connectivity index (χ1n) is 8.49. The van der Waals surface area contributed by atoms with Crippen molar-refractivity contribution in [3.63, 3.8) is 0 Å². The Labute approximate surface area is 166 Å². The third kappa shape index (κ3) is 4.67. The first kappa shape index (κ1) is 19.8. The van der Waals surface area contributed by atoms with Gasteiger partial charge in [-0.25, -0.2) is 9.78 Å². The quantitative estimate of drug-likeness (QED) is 0.633. The van der Waals surface area contributed by atoms with Crippen molar-refractivity contribution in [2.24, 2.45) is 0 Å². The van der Waals surface area contributed by atoms with Crippen LogP contribution in [0.2, 0.25) is 0 Å². The molecule has 0 radical (unpaired) electrons. The summed E-state index contributed by atoms with van der Waals surface area (Å²) < 4.78 is 12.6. The number of nitrogens with zero attached hydrogens (tertiary/aromatic N) is 6. The number of rotatable bonds is 7. The lowest BCUT2D eigenvalue weighted by molar-refractivity contribution is 0.0903. The highest BCUT2D eigenvalue weighted by atomic mass is 32.1.